The fourth-order valence-electron chi connectivity index (χ4n) is 2.90. The quantitative estimate of drug-likeness (QED) is 0.603. The summed E-state index contributed by atoms with van der Waals surface area (Å²) in [5.74, 6) is 0.354. The van der Waals surface area contributed by atoms with Crippen molar-refractivity contribution < 1.29 is 13.2 Å². The molecule has 2 aromatic carbocycles. The minimum Gasteiger partial charge on any atom is -0.352 e. The molecule has 0 saturated heterocycles. The maximum atomic E-state index is 12.4. The number of aryl methyl sites for hydroxylation is 1. The van der Waals surface area contributed by atoms with Crippen molar-refractivity contribution in [3.63, 3.8) is 0 Å². The number of carbonyl (C=O) groups is 1. The average molecular weight is 403 g/mol. The van der Waals surface area contributed by atoms with E-state index in [4.69, 9.17) is 0 Å². The fourth-order valence-corrected chi connectivity index (χ4v) is 3.96. The normalized spacial score (nSPS) is 12.4. The van der Waals surface area contributed by atoms with Crippen LogP contribution in [0.1, 0.15) is 55.5 Å². The standard InChI is InChI=1S/C22H30N2O3S/c1-4-6-7-18(5-2)16-23-22(25)19-10-12-20(13-11-19)24-28(26,27)21-14-8-17(3)9-15-21/h8-15,18,24H,4-7,16H2,1-3H3,(H,23,25). The summed E-state index contributed by atoms with van der Waals surface area (Å²) in [6.45, 7) is 6.87. The van der Waals surface area contributed by atoms with Gasteiger partial charge in [0.25, 0.3) is 15.9 Å². The van der Waals surface area contributed by atoms with Crippen LogP contribution < -0.4 is 10.0 Å². The van der Waals surface area contributed by atoms with Gasteiger partial charge in [0.05, 0.1) is 4.90 Å². The summed E-state index contributed by atoms with van der Waals surface area (Å²) in [4.78, 5) is 12.5. The molecule has 1 unspecified atom stereocenters. The van der Waals surface area contributed by atoms with Gasteiger partial charge >= 0.3 is 0 Å². The van der Waals surface area contributed by atoms with Crippen molar-refractivity contribution >= 4 is 21.6 Å². The Bertz CT molecular complexity index is 860. The maximum absolute atomic E-state index is 12.4. The predicted molar refractivity (Wildman–Crippen MR) is 114 cm³/mol. The predicted octanol–water partition coefficient (Wildman–Crippen LogP) is 4.74. The maximum Gasteiger partial charge on any atom is 0.261 e. The Morgan fingerprint density at radius 1 is 1.00 bits per heavy atom. The highest BCUT2D eigenvalue weighted by molar-refractivity contribution is 7.92. The van der Waals surface area contributed by atoms with Crippen LogP contribution in [0.5, 0.6) is 0 Å². The van der Waals surface area contributed by atoms with Gasteiger partial charge in [-0.25, -0.2) is 8.42 Å². The Balaban J connectivity index is 1.97. The third-order valence-corrected chi connectivity index (χ3v) is 6.22. The van der Waals surface area contributed by atoms with E-state index in [0.717, 1.165) is 24.8 Å². The van der Waals surface area contributed by atoms with E-state index in [9.17, 15) is 13.2 Å². The first-order valence-corrected chi connectivity index (χ1v) is 11.3. The van der Waals surface area contributed by atoms with Gasteiger partial charge in [-0.15, -0.1) is 0 Å². The Labute approximate surface area is 168 Å². The SMILES string of the molecule is CCCCC(CC)CNC(=O)c1ccc(NS(=O)(=O)c2ccc(C)cc2)cc1. The van der Waals surface area contributed by atoms with Gasteiger partial charge in [-0.05, 0) is 55.7 Å². The minimum absolute atomic E-state index is 0.136. The molecule has 28 heavy (non-hydrogen) atoms. The molecule has 0 aliphatic carbocycles. The number of amides is 1. The van der Waals surface area contributed by atoms with E-state index in [1.165, 1.54) is 6.42 Å². The van der Waals surface area contributed by atoms with Crippen LogP contribution in [0.25, 0.3) is 0 Å². The zero-order valence-corrected chi connectivity index (χ0v) is 17.7. The smallest absolute Gasteiger partial charge is 0.261 e. The van der Waals surface area contributed by atoms with Crippen molar-refractivity contribution in [1.29, 1.82) is 0 Å². The van der Waals surface area contributed by atoms with Crippen LogP contribution in [0.2, 0.25) is 0 Å². The lowest BCUT2D eigenvalue weighted by Gasteiger charge is -2.15. The van der Waals surface area contributed by atoms with E-state index in [2.05, 4.69) is 23.9 Å². The lowest BCUT2D eigenvalue weighted by molar-refractivity contribution is 0.0946. The van der Waals surface area contributed by atoms with E-state index in [1.54, 1.807) is 48.5 Å². The largest absolute Gasteiger partial charge is 0.352 e. The number of carbonyl (C=O) groups excluding carboxylic acids is 1. The topological polar surface area (TPSA) is 75.3 Å². The van der Waals surface area contributed by atoms with Crippen LogP contribution >= 0.6 is 0 Å². The first kappa shape index (κ1) is 22.0. The Kier molecular flexibility index (Phi) is 8.05. The van der Waals surface area contributed by atoms with Gasteiger partial charge in [-0.2, -0.15) is 0 Å². The van der Waals surface area contributed by atoms with Gasteiger partial charge < -0.3 is 5.32 Å². The van der Waals surface area contributed by atoms with Crippen LogP contribution in [0.3, 0.4) is 0 Å². The van der Waals surface area contributed by atoms with E-state index in [1.807, 2.05) is 6.92 Å². The summed E-state index contributed by atoms with van der Waals surface area (Å²) < 4.78 is 27.4. The number of benzene rings is 2. The first-order valence-electron chi connectivity index (χ1n) is 9.83. The monoisotopic (exact) mass is 402 g/mol. The summed E-state index contributed by atoms with van der Waals surface area (Å²) in [5, 5.41) is 2.98. The molecule has 0 aliphatic heterocycles. The van der Waals surface area contributed by atoms with Crippen molar-refractivity contribution in [3.05, 3.63) is 59.7 Å². The van der Waals surface area contributed by atoms with Gasteiger partial charge in [0, 0.05) is 17.8 Å². The van der Waals surface area contributed by atoms with E-state index in [-0.39, 0.29) is 10.8 Å². The molecular formula is C22H30N2O3S. The van der Waals surface area contributed by atoms with Gasteiger partial charge in [-0.3, -0.25) is 9.52 Å². The van der Waals surface area contributed by atoms with Gasteiger partial charge in [-0.1, -0.05) is 50.8 Å². The average Bonchev–Trinajstić information content (AvgIpc) is 2.68. The number of hydrogen-bond donors (Lipinski definition) is 2. The zero-order valence-electron chi connectivity index (χ0n) is 16.9. The van der Waals surface area contributed by atoms with Crippen molar-refractivity contribution in [2.24, 2.45) is 5.92 Å². The van der Waals surface area contributed by atoms with Crippen molar-refractivity contribution in [2.45, 2.75) is 51.3 Å². The Morgan fingerprint density at radius 2 is 1.64 bits per heavy atom. The number of sulfonamides is 1. The molecule has 2 rings (SSSR count). The van der Waals surface area contributed by atoms with Crippen LogP contribution in [-0.2, 0) is 10.0 Å². The molecule has 0 heterocycles. The highest BCUT2D eigenvalue weighted by atomic mass is 32.2. The third-order valence-electron chi connectivity index (χ3n) is 4.83. The second-order valence-electron chi connectivity index (χ2n) is 7.12. The molecule has 1 amide bonds. The second kappa shape index (κ2) is 10.3. The molecular weight excluding hydrogens is 372 g/mol. The summed E-state index contributed by atoms with van der Waals surface area (Å²) >= 11 is 0. The van der Waals surface area contributed by atoms with Crippen LogP contribution in [0.15, 0.2) is 53.4 Å². The Hall–Kier alpha value is -2.34. The Morgan fingerprint density at radius 3 is 2.21 bits per heavy atom. The highest BCUT2D eigenvalue weighted by Crippen LogP contribution is 2.17. The lowest BCUT2D eigenvalue weighted by Crippen LogP contribution is -2.29. The number of rotatable bonds is 10. The number of unbranched alkanes of at least 4 members (excludes halogenated alkanes) is 1. The number of nitrogens with one attached hydrogen (secondary N) is 2. The van der Waals surface area contributed by atoms with Crippen LogP contribution in [0, 0.1) is 12.8 Å². The molecule has 2 N–H and O–H groups in total. The molecule has 0 bridgehead atoms. The molecule has 1 atom stereocenters. The number of hydrogen-bond acceptors (Lipinski definition) is 3. The van der Waals surface area contributed by atoms with Gasteiger partial charge in [0.1, 0.15) is 0 Å². The van der Waals surface area contributed by atoms with E-state index in [0.29, 0.717) is 23.7 Å². The van der Waals surface area contributed by atoms with Crippen molar-refractivity contribution in [2.75, 3.05) is 11.3 Å². The zero-order chi connectivity index (χ0) is 20.6. The molecule has 2 aromatic rings. The molecule has 6 heteroatoms. The van der Waals surface area contributed by atoms with Gasteiger partial charge in [0.2, 0.25) is 0 Å². The van der Waals surface area contributed by atoms with Crippen molar-refractivity contribution in [3.8, 4) is 0 Å². The summed E-state index contributed by atoms with van der Waals surface area (Å²) in [6, 6.07) is 13.1. The van der Waals surface area contributed by atoms with Crippen LogP contribution in [-0.4, -0.2) is 20.9 Å². The first-order chi connectivity index (χ1) is 13.4. The summed E-state index contributed by atoms with van der Waals surface area (Å²) in [5.41, 5.74) is 1.93. The van der Waals surface area contributed by atoms with E-state index < -0.39 is 10.0 Å². The highest BCUT2D eigenvalue weighted by Gasteiger charge is 2.14. The third kappa shape index (κ3) is 6.37. The second-order valence-corrected chi connectivity index (χ2v) is 8.80. The minimum atomic E-state index is -3.65. The molecule has 0 saturated carbocycles. The molecule has 0 aliphatic rings. The van der Waals surface area contributed by atoms with Gasteiger partial charge in [0.15, 0.2) is 0 Å². The molecule has 0 fully saturated rings. The van der Waals surface area contributed by atoms with Crippen molar-refractivity contribution in [1.82, 2.24) is 5.32 Å². The van der Waals surface area contributed by atoms with E-state index >= 15 is 0 Å². The number of anilines is 1. The molecule has 0 spiro atoms. The molecule has 152 valence electrons. The molecule has 0 radical (unpaired) electrons. The van der Waals surface area contributed by atoms with Crippen LogP contribution in [0.4, 0.5) is 5.69 Å². The lowest BCUT2D eigenvalue weighted by atomic mass is 9.99. The fraction of sp³-hybridized carbons (Fsp3) is 0.409. The molecule has 0 aromatic heterocycles. The summed E-state index contributed by atoms with van der Waals surface area (Å²) in [6.07, 6.45) is 4.49. The molecule has 5 nitrogen and oxygen atoms in total. The summed E-state index contributed by atoms with van der Waals surface area (Å²) in [7, 11) is -3.65.